The summed E-state index contributed by atoms with van der Waals surface area (Å²) in [4.78, 5) is 16.1. The summed E-state index contributed by atoms with van der Waals surface area (Å²) in [7, 11) is 4.70. The Morgan fingerprint density at radius 1 is 0.941 bits per heavy atom. The first kappa shape index (κ1) is 23.2. The van der Waals surface area contributed by atoms with Gasteiger partial charge >= 0.3 is 0 Å². The van der Waals surface area contributed by atoms with Crippen molar-refractivity contribution in [3.8, 4) is 28.4 Å². The Hall–Kier alpha value is -3.97. The number of H-pyrrole nitrogens is 1. The first-order valence-corrected chi connectivity index (χ1v) is 10.9. The average Bonchev–Trinajstić information content (AvgIpc) is 3.30. The van der Waals surface area contributed by atoms with Crippen LogP contribution in [0.15, 0.2) is 66.9 Å². The third-order valence-corrected chi connectivity index (χ3v) is 5.84. The van der Waals surface area contributed by atoms with Crippen molar-refractivity contribution in [1.29, 1.82) is 0 Å². The standard InChI is InChI=1S/C27H28N2O5/c1-32-24-13-19(14-25(33-2)26(24)34-3)17-8-10-18(11-9-17)27(31)29-21(16-30)12-20-15-28-23-7-5-4-6-22(20)23/h4-11,13-15,21,28,30H,12,16H2,1-3H3,(H,29,31)/t21-/m1/s1. The Kier molecular flexibility index (Phi) is 7.04. The molecule has 0 spiro atoms. The Balaban J connectivity index is 1.49. The average molecular weight is 461 g/mol. The number of para-hydroxylation sites is 1. The second kappa shape index (κ2) is 10.3. The number of aliphatic hydroxyl groups excluding tert-OH is 1. The molecule has 0 aliphatic rings. The number of hydrogen-bond donors (Lipinski definition) is 3. The van der Waals surface area contributed by atoms with Crippen LogP contribution in [-0.2, 0) is 6.42 Å². The van der Waals surface area contributed by atoms with E-state index in [2.05, 4.69) is 10.3 Å². The SMILES string of the molecule is COc1cc(-c2ccc(C(=O)N[C@@H](CO)Cc3c[nH]c4ccccc34)cc2)cc(OC)c1OC. The van der Waals surface area contributed by atoms with Gasteiger partial charge in [-0.05, 0) is 53.4 Å². The molecule has 0 radical (unpaired) electrons. The number of methoxy groups -OCH3 is 3. The molecule has 0 aliphatic carbocycles. The van der Waals surface area contributed by atoms with E-state index in [4.69, 9.17) is 14.2 Å². The van der Waals surface area contributed by atoms with Gasteiger partial charge in [0.25, 0.3) is 5.91 Å². The van der Waals surface area contributed by atoms with E-state index >= 15 is 0 Å². The number of carbonyl (C=O) groups is 1. The lowest BCUT2D eigenvalue weighted by Gasteiger charge is -2.17. The molecule has 3 N–H and O–H groups in total. The van der Waals surface area contributed by atoms with Crippen molar-refractivity contribution in [3.05, 3.63) is 78.0 Å². The van der Waals surface area contributed by atoms with E-state index in [0.29, 0.717) is 29.2 Å². The van der Waals surface area contributed by atoms with Crippen LogP contribution >= 0.6 is 0 Å². The third-order valence-electron chi connectivity index (χ3n) is 5.84. The molecule has 4 aromatic rings. The highest BCUT2D eigenvalue weighted by Gasteiger charge is 2.17. The van der Waals surface area contributed by atoms with Crippen LogP contribution in [0.4, 0.5) is 0 Å². The largest absolute Gasteiger partial charge is 0.493 e. The number of aromatic amines is 1. The fourth-order valence-corrected chi connectivity index (χ4v) is 4.06. The molecule has 0 fully saturated rings. The number of hydrogen-bond acceptors (Lipinski definition) is 5. The molecule has 1 amide bonds. The number of carbonyl (C=O) groups excluding carboxylic acids is 1. The van der Waals surface area contributed by atoms with Crippen LogP contribution in [-0.4, -0.2) is 50.0 Å². The molecule has 7 heteroatoms. The molecule has 3 aromatic carbocycles. The molecule has 0 saturated heterocycles. The minimum atomic E-state index is -0.401. The van der Waals surface area contributed by atoms with Crippen LogP contribution in [0, 0.1) is 0 Å². The number of aromatic nitrogens is 1. The minimum absolute atomic E-state index is 0.158. The maximum Gasteiger partial charge on any atom is 0.251 e. The minimum Gasteiger partial charge on any atom is -0.493 e. The van der Waals surface area contributed by atoms with Crippen LogP contribution in [0.25, 0.3) is 22.0 Å². The van der Waals surface area contributed by atoms with Gasteiger partial charge in [0.05, 0.1) is 34.0 Å². The lowest BCUT2D eigenvalue weighted by atomic mass is 10.0. The highest BCUT2D eigenvalue weighted by atomic mass is 16.5. The molecule has 7 nitrogen and oxygen atoms in total. The first-order chi connectivity index (χ1) is 16.6. The second-order valence-corrected chi connectivity index (χ2v) is 7.91. The first-order valence-electron chi connectivity index (χ1n) is 10.9. The monoisotopic (exact) mass is 460 g/mol. The third kappa shape index (κ3) is 4.70. The number of nitrogens with one attached hydrogen (secondary N) is 2. The molecular weight excluding hydrogens is 432 g/mol. The van der Waals surface area contributed by atoms with Gasteiger partial charge in [-0.2, -0.15) is 0 Å². The van der Waals surface area contributed by atoms with E-state index in [0.717, 1.165) is 27.6 Å². The fourth-order valence-electron chi connectivity index (χ4n) is 4.06. The molecular formula is C27H28N2O5. The van der Waals surface area contributed by atoms with Gasteiger partial charge in [0.1, 0.15) is 0 Å². The summed E-state index contributed by atoms with van der Waals surface area (Å²) < 4.78 is 16.3. The number of fused-ring (bicyclic) bond motifs is 1. The number of aliphatic hydroxyl groups is 1. The van der Waals surface area contributed by atoms with Gasteiger partial charge in [0.15, 0.2) is 11.5 Å². The summed E-state index contributed by atoms with van der Waals surface area (Å²) in [5.41, 5.74) is 4.35. The Labute approximate surface area is 198 Å². The summed E-state index contributed by atoms with van der Waals surface area (Å²) in [6, 6.07) is 18.5. The maximum atomic E-state index is 12.9. The lowest BCUT2D eigenvalue weighted by molar-refractivity contribution is 0.0916. The van der Waals surface area contributed by atoms with Crippen molar-refractivity contribution in [2.75, 3.05) is 27.9 Å². The summed E-state index contributed by atoms with van der Waals surface area (Å²) in [5.74, 6) is 1.40. The molecule has 0 aliphatic heterocycles. The van der Waals surface area contributed by atoms with Gasteiger partial charge in [-0.15, -0.1) is 0 Å². The van der Waals surface area contributed by atoms with Crippen molar-refractivity contribution in [2.45, 2.75) is 12.5 Å². The molecule has 34 heavy (non-hydrogen) atoms. The number of ether oxygens (including phenoxy) is 3. The molecule has 1 aromatic heterocycles. The van der Waals surface area contributed by atoms with Crippen LogP contribution in [0.1, 0.15) is 15.9 Å². The predicted molar refractivity (Wildman–Crippen MR) is 132 cm³/mol. The van der Waals surface area contributed by atoms with E-state index in [-0.39, 0.29) is 12.5 Å². The Morgan fingerprint density at radius 2 is 1.62 bits per heavy atom. The van der Waals surface area contributed by atoms with Crippen LogP contribution in [0.2, 0.25) is 0 Å². The van der Waals surface area contributed by atoms with Gasteiger partial charge in [-0.25, -0.2) is 0 Å². The Morgan fingerprint density at radius 3 is 2.24 bits per heavy atom. The summed E-state index contributed by atoms with van der Waals surface area (Å²) in [6.45, 7) is -0.158. The van der Waals surface area contributed by atoms with E-state index in [9.17, 15) is 9.90 Å². The van der Waals surface area contributed by atoms with E-state index in [1.54, 1.807) is 33.5 Å². The van der Waals surface area contributed by atoms with Crippen molar-refractivity contribution in [3.63, 3.8) is 0 Å². The summed E-state index contributed by atoms with van der Waals surface area (Å²) in [5, 5.41) is 13.9. The van der Waals surface area contributed by atoms with Gasteiger partial charge in [0.2, 0.25) is 5.75 Å². The highest BCUT2D eigenvalue weighted by molar-refractivity contribution is 5.95. The molecule has 1 atom stereocenters. The molecule has 1 heterocycles. The molecule has 0 unspecified atom stereocenters. The predicted octanol–water partition coefficient (Wildman–Crippen LogP) is 4.19. The van der Waals surface area contributed by atoms with Crippen molar-refractivity contribution >= 4 is 16.8 Å². The maximum absolute atomic E-state index is 12.9. The van der Waals surface area contributed by atoms with Gasteiger partial charge in [-0.1, -0.05) is 30.3 Å². The number of amides is 1. The van der Waals surface area contributed by atoms with Gasteiger partial charge < -0.3 is 29.6 Å². The Bertz CT molecular complexity index is 1250. The van der Waals surface area contributed by atoms with Crippen molar-refractivity contribution in [1.82, 2.24) is 10.3 Å². The van der Waals surface area contributed by atoms with Gasteiger partial charge in [0, 0.05) is 22.7 Å². The van der Waals surface area contributed by atoms with Crippen LogP contribution in [0.5, 0.6) is 17.2 Å². The number of rotatable bonds is 9. The van der Waals surface area contributed by atoms with Crippen LogP contribution in [0.3, 0.4) is 0 Å². The topological polar surface area (TPSA) is 92.8 Å². The smallest absolute Gasteiger partial charge is 0.251 e. The lowest BCUT2D eigenvalue weighted by Crippen LogP contribution is -2.39. The fraction of sp³-hybridized carbons (Fsp3) is 0.222. The summed E-state index contributed by atoms with van der Waals surface area (Å²) >= 11 is 0. The van der Waals surface area contributed by atoms with Crippen LogP contribution < -0.4 is 19.5 Å². The quantitative estimate of drug-likeness (QED) is 0.348. The van der Waals surface area contributed by atoms with E-state index in [1.165, 1.54) is 0 Å². The molecule has 176 valence electrons. The van der Waals surface area contributed by atoms with E-state index in [1.807, 2.05) is 54.7 Å². The zero-order chi connectivity index (χ0) is 24.1. The molecule has 4 rings (SSSR count). The molecule has 0 bridgehead atoms. The zero-order valence-electron chi connectivity index (χ0n) is 19.4. The second-order valence-electron chi connectivity index (χ2n) is 7.91. The molecule has 0 saturated carbocycles. The number of benzene rings is 3. The normalized spacial score (nSPS) is 11.8. The van der Waals surface area contributed by atoms with Crippen molar-refractivity contribution in [2.24, 2.45) is 0 Å². The van der Waals surface area contributed by atoms with E-state index < -0.39 is 6.04 Å². The van der Waals surface area contributed by atoms with Gasteiger partial charge in [-0.3, -0.25) is 4.79 Å². The zero-order valence-corrected chi connectivity index (χ0v) is 19.4. The summed E-state index contributed by atoms with van der Waals surface area (Å²) in [6.07, 6.45) is 2.45. The highest BCUT2D eigenvalue weighted by Crippen LogP contribution is 2.41. The van der Waals surface area contributed by atoms with Crippen molar-refractivity contribution < 1.29 is 24.1 Å².